The van der Waals surface area contributed by atoms with E-state index < -0.39 is 15.9 Å². The molecule has 0 saturated heterocycles. The van der Waals surface area contributed by atoms with Crippen LogP contribution in [0.2, 0.25) is 5.02 Å². The third kappa shape index (κ3) is 5.00. The Hall–Kier alpha value is -3.56. The second-order valence-electron chi connectivity index (χ2n) is 7.79. The van der Waals surface area contributed by atoms with E-state index in [0.717, 1.165) is 11.1 Å². The molecule has 1 aliphatic heterocycles. The molecule has 176 valence electrons. The van der Waals surface area contributed by atoms with Crippen LogP contribution in [-0.2, 0) is 27.9 Å². The molecule has 1 aliphatic rings. The Morgan fingerprint density at radius 1 is 1.00 bits per heavy atom. The van der Waals surface area contributed by atoms with Gasteiger partial charge in [0.05, 0.1) is 17.7 Å². The average molecular weight is 500 g/mol. The fourth-order valence-electron chi connectivity index (χ4n) is 3.67. The quantitative estimate of drug-likeness (QED) is 0.527. The number of methoxy groups -OCH3 is 1. The minimum absolute atomic E-state index is 0.0104. The largest absolute Gasteiger partial charge is 0.495 e. The van der Waals surface area contributed by atoms with Gasteiger partial charge in [-0.2, -0.15) is 0 Å². The average Bonchev–Trinajstić information content (AvgIpc) is 3.23. The Labute approximate surface area is 202 Å². The third-order valence-electron chi connectivity index (χ3n) is 5.44. The molecule has 0 fully saturated rings. The van der Waals surface area contributed by atoms with Gasteiger partial charge in [0.15, 0.2) is 0 Å². The Bertz CT molecular complexity index is 1390. The number of hydrogen-bond acceptors (Lipinski definition) is 5. The third-order valence-corrected chi connectivity index (χ3v) is 7.04. The first-order valence-corrected chi connectivity index (χ1v) is 12.2. The lowest BCUT2D eigenvalue weighted by molar-refractivity contribution is -0.129. The molecule has 4 rings (SSSR count). The number of carbonyl (C=O) groups is 2. The minimum Gasteiger partial charge on any atom is -0.495 e. The predicted octanol–water partition coefficient (Wildman–Crippen LogP) is 4.26. The minimum atomic E-state index is -4.02. The second-order valence-corrected chi connectivity index (χ2v) is 9.91. The summed E-state index contributed by atoms with van der Waals surface area (Å²) in [4.78, 5) is 26.1. The number of benzene rings is 3. The van der Waals surface area contributed by atoms with Crippen LogP contribution in [0.1, 0.15) is 28.4 Å². The Morgan fingerprint density at radius 3 is 2.50 bits per heavy atom. The van der Waals surface area contributed by atoms with Gasteiger partial charge < -0.3 is 15.0 Å². The van der Waals surface area contributed by atoms with Crippen LogP contribution < -0.4 is 14.8 Å². The molecule has 0 radical (unpaired) electrons. The fraction of sp³-hybridized carbons (Fsp3) is 0.167. The predicted molar refractivity (Wildman–Crippen MR) is 130 cm³/mol. The number of halogens is 1. The van der Waals surface area contributed by atoms with E-state index in [9.17, 15) is 18.0 Å². The number of rotatable bonds is 6. The monoisotopic (exact) mass is 499 g/mol. The topological polar surface area (TPSA) is 105 Å². The number of hydrogen-bond donors (Lipinski definition) is 2. The van der Waals surface area contributed by atoms with Gasteiger partial charge >= 0.3 is 0 Å². The number of nitrogens with zero attached hydrogens (tertiary/aromatic N) is 1. The van der Waals surface area contributed by atoms with E-state index in [1.165, 1.54) is 44.4 Å². The van der Waals surface area contributed by atoms with Crippen molar-refractivity contribution in [2.45, 2.75) is 24.9 Å². The van der Waals surface area contributed by atoms with Gasteiger partial charge in [-0.15, -0.1) is 0 Å². The smallest absolute Gasteiger partial charge is 0.262 e. The van der Waals surface area contributed by atoms with Crippen molar-refractivity contribution in [2.24, 2.45) is 0 Å². The summed E-state index contributed by atoms with van der Waals surface area (Å²) >= 11 is 5.99. The molecule has 1 heterocycles. The first-order valence-electron chi connectivity index (χ1n) is 10.3. The van der Waals surface area contributed by atoms with Crippen LogP contribution in [0.4, 0.5) is 11.4 Å². The van der Waals surface area contributed by atoms with Crippen LogP contribution in [-0.4, -0.2) is 32.2 Å². The molecule has 10 heteroatoms. The fourth-order valence-corrected chi connectivity index (χ4v) is 4.95. The van der Waals surface area contributed by atoms with Gasteiger partial charge in [-0.3, -0.25) is 14.3 Å². The normalized spacial score (nSPS) is 12.7. The van der Waals surface area contributed by atoms with E-state index in [2.05, 4.69) is 10.0 Å². The number of nitrogens with one attached hydrogen (secondary N) is 2. The number of amides is 2. The zero-order valence-electron chi connectivity index (χ0n) is 18.5. The highest BCUT2D eigenvalue weighted by Gasteiger charge is 2.22. The molecule has 3 aromatic rings. The SMILES string of the molecule is COc1ccc(Cl)cc1NS(=O)(=O)c1cccc(C(=O)Nc2ccc3c(c2)CN(C(C)=O)C3)c1. The lowest BCUT2D eigenvalue weighted by Crippen LogP contribution is -2.21. The van der Waals surface area contributed by atoms with E-state index >= 15 is 0 Å². The summed E-state index contributed by atoms with van der Waals surface area (Å²) in [7, 11) is -2.60. The van der Waals surface area contributed by atoms with Crippen molar-refractivity contribution in [3.63, 3.8) is 0 Å². The van der Waals surface area contributed by atoms with Crippen LogP contribution in [0.5, 0.6) is 5.75 Å². The van der Waals surface area contributed by atoms with Crippen LogP contribution in [0.3, 0.4) is 0 Å². The molecule has 0 spiro atoms. The van der Waals surface area contributed by atoms with Crippen LogP contribution >= 0.6 is 11.6 Å². The van der Waals surface area contributed by atoms with E-state index in [-0.39, 0.29) is 22.1 Å². The van der Waals surface area contributed by atoms with Gasteiger partial charge in [-0.1, -0.05) is 23.7 Å². The highest BCUT2D eigenvalue weighted by molar-refractivity contribution is 7.92. The Balaban J connectivity index is 1.53. The zero-order chi connectivity index (χ0) is 24.5. The van der Waals surface area contributed by atoms with Crippen molar-refractivity contribution in [1.29, 1.82) is 0 Å². The molecule has 0 bridgehead atoms. The highest BCUT2D eigenvalue weighted by Crippen LogP contribution is 2.30. The lowest BCUT2D eigenvalue weighted by atomic mass is 10.1. The molecule has 0 saturated carbocycles. The Kier molecular flexibility index (Phi) is 6.49. The first-order chi connectivity index (χ1) is 16.2. The molecule has 8 nitrogen and oxygen atoms in total. The molecular weight excluding hydrogens is 478 g/mol. The maximum absolute atomic E-state index is 13.0. The van der Waals surface area contributed by atoms with E-state index in [1.807, 2.05) is 12.1 Å². The van der Waals surface area contributed by atoms with Crippen molar-refractivity contribution in [1.82, 2.24) is 4.90 Å². The summed E-state index contributed by atoms with van der Waals surface area (Å²) < 4.78 is 33.5. The van der Waals surface area contributed by atoms with Gasteiger partial charge in [-0.05, 0) is 59.7 Å². The summed E-state index contributed by atoms with van der Waals surface area (Å²) in [5, 5.41) is 3.13. The Morgan fingerprint density at radius 2 is 1.76 bits per heavy atom. The zero-order valence-corrected chi connectivity index (χ0v) is 20.0. The summed E-state index contributed by atoms with van der Waals surface area (Å²) in [6.07, 6.45) is 0. The molecule has 2 amide bonds. The van der Waals surface area contributed by atoms with Crippen LogP contribution in [0.25, 0.3) is 0 Å². The number of anilines is 2. The van der Waals surface area contributed by atoms with Gasteiger partial charge in [0.25, 0.3) is 15.9 Å². The molecule has 34 heavy (non-hydrogen) atoms. The van der Waals surface area contributed by atoms with Crippen molar-refractivity contribution < 1.29 is 22.7 Å². The second kappa shape index (κ2) is 9.36. The highest BCUT2D eigenvalue weighted by atomic mass is 35.5. The van der Waals surface area contributed by atoms with Crippen LogP contribution in [0.15, 0.2) is 65.6 Å². The molecule has 0 aromatic heterocycles. The van der Waals surface area contributed by atoms with Crippen molar-refractivity contribution in [3.8, 4) is 5.75 Å². The molecular formula is C24H22ClN3O5S. The number of fused-ring (bicyclic) bond motifs is 1. The summed E-state index contributed by atoms with van der Waals surface area (Å²) in [6, 6.07) is 15.7. The lowest BCUT2D eigenvalue weighted by Gasteiger charge is -2.13. The van der Waals surface area contributed by atoms with Gasteiger partial charge in [0, 0.05) is 36.3 Å². The number of ether oxygens (including phenoxy) is 1. The van der Waals surface area contributed by atoms with Crippen molar-refractivity contribution >= 4 is 44.8 Å². The molecule has 0 unspecified atom stereocenters. The summed E-state index contributed by atoms with van der Waals surface area (Å²) in [5.41, 5.74) is 2.91. The van der Waals surface area contributed by atoms with Gasteiger partial charge in [0.2, 0.25) is 5.91 Å². The standard InChI is InChI=1S/C24H22ClN3O5S/c1-15(29)28-13-17-6-8-20(10-18(17)14-28)26-24(30)16-4-3-5-21(11-16)34(31,32)27-22-12-19(25)7-9-23(22)33-2/h3-12,27H,13-14H2,1-2H3,(H,26,30). The van der Waals surface area contributed by atoms with Gasteiger partial charge in [-0.25, -0.2) is 8.42 Å². The van der Waals surface area contributed by atoms with Gasteiger partial charge in [0.1, 0.15) is 5.75 Å². The van der Waals surface area contributed by atoms with E-state index in [4.69, 9.17) is 16.3 Å². The van der Waals surface area contributed by atoms with E-state index in [0.29, 0.717) is 29.5 Å². The first kappa shape index (κ1) is 23.6. The number of sulfonamides is 1. The van der Waals surface area contributed by atoms with Crippen LogP contribution in [0, 0.1) is 0 Å². The maximum Gasteiger partial charge on any atom is 0.262 e. The van der Waals surface area contributed by atoms with Crippen molar-refractivity contribution in [3.05, 3.63) is 82.4 Å². The molecule has 2 N–H and O–H groups in total. The number of carbonyl (C=O) groups excluding carboxylic acids is 2. The molecule has 3 aromatic carbocycles. The molecule has 0 atom stereocenters. The summed E-state index contributed by atoms with van der Waals surface area (Å²) in [6.45, 7) is 2.55. The van der Waals surface area contributed by atoms with E-state index in [1.54, 1.807) is 23.1 Å². The maximum atomic E-state index is 13.0. The molecule has 0 aliphatic carbocycles. The van der Waals surface area contributed by atoms with Crippen molar-refractivity contribution in [2.75, 3.05) is 17.1 Å². The summed E-state index contributed by atoms with van der Waals surface area (Å²) in [5.74, 6) is -0.163.